The maximum Gasteiger partial charge on any atom is 0.158 e. The van der Waals surface area contributed by atoms with Crippen molar-refractivity contribution < 1.29 is 4.79 Å². The summed E-state index contributed by atoms with van der Waals surface area (Å²) >= 11 is 0. The molecule has 0 bridgehead atoms. The first-order valence-corrected chi connectivity index (χ1v) is 6.59. The zero-order valence-electron chi connectivity index (χ0n) is 10.1. The molecule has 16 heavy (non-hydrogen) atoms. The quantitative estimate of drug-likeness (QED) is 0.646. The highest BCUT2D eigenvalue weighted by Crippen LogP contribution is 2.48. The Kier molecular flexibility index (Phi) is 3.63. The van der Waals surface area contributed by atoms with Gasteiger partial charge in [-0.2, -0.15) is 0 Å². The van der Waals surface area contributed by atoms with Gasteiger partial charge in [0.1, 0.15) is 0 Å². The van der Waals surface area contributed by atoms with E-state index in [9.17, 15) is 4.79 Å². The summed E-state index contributed by atoms with van der Waals surface area (Å²) in [5.41, 5.74) is 1.60. The van der Waals surface area contributed by atoms with Crippen molar-refractivity contribution in [3.63, 3.8) is 0 Å². The molecule has 1 spiro atoms. The Balaban J connectivity index is 1.90. The Labute approximate surface area is 98.6 Å². The van der Waals surface area contributed by atoms with Crippen LogP contribution in [-0.2, 0) is 4.79 Å². The van der Waals surface area contributed by atoms with Gasteiger partial charge in [-0.3, -0.25) is 4.79 Å². The van der Waals surface area contributed by atoms with Crippen LogP contribution in [0, 0.1) is 5.41 Å². The molecule has 0 N–H and O–H groups in total. The number of carbonyl (C=O) groups excluding carboxylic acids is 1. The number of ketones is 1. The summed E-state index contributed by atoms with van der Waals surface area (Å²) in [6.07, 6.45) is 14.5. The summed E-state index contributed by atoms with van der Waals surface area (Å²) in [5.74, 6) is 0.363. The summed E-state index contributed by atoms with van der Waals surface area (Å²) in [6.45, 7) is 3.67. The number of rotatable bonds is 4. The van der Waals surface area contributed by atoms with E-state index in [1.807, 2.05) is 6.08 Å². The second-order valence-corrected chi connectivity index (χ2v) is 5.42. The molecule has 2 rings (SSSR count). The molecule has 0 unspecified atom stereocenters. The van der Waals surface area contributed by atoms with E-state index in [-0.39, 0.29) is 0 Å². The Morgan fingerprint density at radius 3 is 2.81 bits per heavy atom. The first-order chi connectivity index (χ1) is 7.76. The highest BCUT2D eigenvalue weighted by atomic mass is 16.1. The largest absolute Gasteiger partial charge is 0.295 e. The second-order valence-electron chi connectivity index (χ2n) is 5.42. The van der Waals surface area contributed by atoms with E-state index >= 15 is 0 Å². The van der Waals surface area contributed by atoms with Crippen molar-refractivity contribution in [1.82, 2.24) is 0 Å². The third kappa shape index (κ3) is 2.45. The minimum atomic E-state index is 0.363. The van der Waals surface area contributed by atoms with Gasteiger partial charge in [-0.25, -0.2) is 0 Å². The number of hydrogen-bond donors (Lipinski definition) is 0. The van der Waals surface area contributed by atoms with Crippen LogP contribution in [0.3, 0.4) is 0 Å². The van der Waals surface area contributed by atoms with Crippen molar-refractivity contribution in [2.45, 2.75) is 57.8 Å². The molecule has 1 heteroatoms. The SMILES string of the molecule is C=CCCC(=O)C1=CCC2(CCCCC2)C1. The topological polar surface area (TPSA) is 17.1 Å². The number of Topliss-reactive ketones (excluding diaryl/α,β-unsaturated/α-hetero) is 1. The van der Waals surface area contributed by atoms with E-state index in [0.29, 0.717) is 17.6 Å². The molecule has 0 radical (unpaired) electrons. The van der Waals surface area contributed by atoms with Crippen molar-refractivity contribution in [3.8, 4) is 0 Å². The Morgan fingerprint density at radius 1 is 1.38 bits per heavy atom. The molecule has 0 saturated heterocycles. The molecule has 0 amide bonds. The molecule has 0 aromatic heterocycles. The zero-order valence-corrected chi connectivity index (χ0v) is 10.1. The smallest absolute Gasteiger partial charge is 0.158 e. The highest BCUT2D eigenvalue weighted by molar-refractivity contribution is 5.95. The van der Waals surface area contributed by atoms with E-state index in [0.717, 1.165) is 24.8 Å². The molecule has 1 nitrogen and oxygen atoms in total. The van der Waals surface area contributed by atoms with Gasteiger partial charge in [0.2, 0.25) is 0 Å². The van der Waals surface area contributed by atoms with Crippen molar-refractivity contribution in [1.29, 1.82) is 0 Å². The number of allylic oxidation sites excluding steroid dienone is 3. The zero-order chi connectivity index (χ0) is 11.4. The van der Waals surface area contributed by atoms with Crippen LogP contribution in [0.25, 0.3) is 0 Å². The second kappa shape index (κ2) is 4.99. The predicted molar refractivity (Wildman–Crippen MR) is 67.3 cm³/mol. The van der Waals surface area contributed by atoms with Gasteiger partial charge in [-0.05, 0) is 43.1 Å². The minimum absolute atomic E-state index is 0.363. The van der Waals surface area contributed by atoms with Crippen molar-refractivity contribution in [3.05, 3.63) is 24.3 Å². The fourth-order valence-corrected chi connectivity index (χ4v) is 3.18. The molecule has 0 heterocycles. The minimum Gasteiger partial charge on any atom is -0.295 e. The van der Waals surface area contributed by atoms with Crippen LogP contribution < -0.4 is 0 Å². The number of carbonyl (C=O) groups is 1. The van der Waals surface area contributed by atoms with Crippen molar-refractivity contribution in [2.75, 3.05) is 0 Å². The van der Waals surface area contributed by atoms with E-state index in [4.69, 9.17) is 0 Å². The maximum atomic E-state index is 11.9. The molecule has 2 aliphatic rings. The van der Waals surface area contributed by atoms with Gasteiger partial charge < -0.3 is 0 Å². The van der Waals surface area contributed by atoms with Crippen LogP contribution in [-0.4, -0.2) is 5.78 Å². The molecule has 0 aliphatic heterocycles. The highest BCUT2D eigenvalue weighted by Gasteiger charge is 2.36. The molecule has 1 fully saturated rings. The van der Waals surface area contributed by atoms with Crippen molar-refractivity contribution >= 4 is 5.78 Å². The molecule has 0 aromatic rings. The van der Waals surface area contributed by atoms with Gasteiger partial charge in [0.05, 0.1) is 0 Å². The van der Waals surface area contributed by atoms with E-state index in [1.54, 1.807) is 0 Å². The maximum absolute atomic E-state index is 11.9. The van der Waals surface area contributed by atoms with Gasteiger partial charge >= 0.3 is 0 Å². The molecule has 2 aliphatic carbocycles. The summed E-state index contributed by atoms with van der Waals surface area (Å²) in [6, 6.07) is 0. The van der Waals surface area contributed by atoms with E-state index < -0.39 is 0 Å². The van der Waals surface area contributed by atoms with Gasteiger partial charge in [0, 0.05) is 6.42 Å². The van der Waals surface area contributed by atoms with Crippen LogP contribution >= 0.6 is 0 Å². The molecule has 1 saturated carbocycles. The predicted octanol–water partition coefficient (Wildman–Crippen LogP) is 4.19. The van der Waals surface area contributed by atoms with Crippen LogP contribution in [0.2, 0.25) is 0 Å². The van der Waals surface area contributed by atoms with E-state index in [1.165, 1.54) is 32.1 Å². The summed E-state index contributed by atoms with van der Waals surface area (Å²) in [5, 5.41) is 0. The van der Waals surface area contributed by atoms with Crippen LogP contribution in [0.4, 0.5) is 0 Å². The average Bonchev–Trinajstić information content (AvgIpc) is 2.71. The molecule has 0 aromatic carbocycles. The lowest BCUT2D eigenvalue weighted by Gasteiger charge is -2.33. The molecular formula is C15H22O. The standard InChI is InChI=1S/C15H22O/c1-2-3-7-14(16)13-8-11-15(12-13)9-5-4-6-10-15/h2,8H,1,3-7,9-12H2. The Morgan fingerprint density at radius 2 is 2.12 bits per heavy atom. The van der Waals surface area contributed by atoms with E-state index in [2.05, 4.69) is 12.7 Å². The monoisotopic (exact) mass is 218 g/mol. The third-order valence-corrected chi connectivity index (χ3v) is 4.19. The lowest BCUT2D eigenvalue weighted by molar-refractivity contribution is -0.115. The van der Waals surface area contributed by atoms with Crippen molar-refractivity contribution in [2.24, 2.45) is 5.41 Å². The lowest BCUT2D eigenvalue weighted by Crippen LogP contribution is -2.21. The Hall–Kier alpha value is -0.850. The van der Waals surface area contributed by atoms with Gasteiger partial charge in [0.15, 0.2) is 5.78 Å². The fourth-order valence-electron chi connectivity index (χ4n) is 3.18. The summed E-state index contributed by atoms with van der Waals surface area (Å²) in [4.78, 5) is 11.9. The first-order valence-electron chi connectivity index (χ1n) is 6.59. The average molecular weight is 218 g/mol. The van der Waals surface area contributed by atoms with Gasteiger partial charge in [0.25, 0.3) is 0 Å². The number of hydrogen-bond acceptors (Lipinski definition) is 1. The normalized spacial score (nSPS) is 23.1. The Bertz CT molecular complexity index is 305. The molecule has 0 atom stereocenters. The molecule has 88 valence electrons. The van der Waals surface area contributed by atoms with Crippen LogP contribution in [0.5, 0.6) is 0 Å². The van der Waals surface area contributed by atoms with Gasteiger partial charge in [-0.15, -0.1) is 6.58 Å². The fraction of sp³-hybridized carbons (Fsp3) is 0.667. The molecular weight excluding hydrogens is 196 g/mol. The third-order valence-electron chi connectivity index (χ3n) is 4.19. The van der Waals surface area contributed by atoms with Crippen LogP contribution in [0.15, 0.2) is 24.3 Å². The summed E-state index contributed by atoms with van der Waals surface area (Å²) in [7, 11) is 0. The van der Waals surface area contributed by atoms with Gasteiger partial charge in [-0.1, -0.05) is 31.4 Å². The van der Waals surface area contributed by atoms with Crippen LogP contribution in [0.1, 0.15) is 57.8 Å². The first kappa shape index (κ1) is 11.6. The lowest BCUT2D eigenvalue weighted by atomic mass is 9.71. The summed E-state index contributed by atoms with van der Waals surface area (Å²) < 4.78 is 0.